The Balaban J connectivity index is 1.90. The topological polar surface area (TPSA) is 80.8 Å². The number of aromatic nitrogens is 1. The van der Waals surface area contributed by atoms with Crippen molar-refractivity contribution in [3.05, 3.63) is 83.7 Å². The smallest absolute Gasteiger partial charge is 0.387 e. The highest BCUT2D eigenvalue weighted by atomic mass is 19.3. The Kier molecular flexibility index (Phi) is 5.14. The van der Waals surface area contributed by atoms with Gasteiger partial charge in [0.15, 0.2) is 11.5 Å². The number of nitrogens with two attached hydrogens (primary N) is 1. The Bertz CT molecular complexity index is 1170. The molecule has 1 aromatic heterocycles. The maximum Gasteiger partial charge on any atom is 0.387 e. The first-order valence-corrected chi connectivity index (χ1v) is 9.53. The van der Waals surface area contributed by atoms with Gasteiger partial charge in [0.2, 0.25) is 0 Å². The normalized spacial score (nSPS) is 18.4. The second-order valence-corrected chi connectivity index (χ2v) is 7.23. The van der Waals surface area contributed by atoms with Gasteiger partial charge < -0.3 is 10.5 Å². The Hall–Kier alpha value is -3.81. The lowest BCUT2D eigenvalue weighted by Gasteiger charge is -2.27. The van der Waals surface area contributed by atoms with Crippen molar-refractivity contribution in [2.24, 2.45) is 10.7 Å². The van der Waals surface area contributed by atoms with Gasteiger partial charge in [0.05, 0.1) is 0 Å². The average molecular weight is 422 g/mol. The molecular weight excluding hydrogens is 402 g/mol. The zero-order valence-corrected chi connectivity index (χ0v) is 16.9. The van der Waals surface area contributed by atoms with Crippen molar-refractivity contribution in [3.63, 3.8) is 0 Å². The molecule has 31 heavy (non-hydrogen) atoms. The van der Waals surface area contributed by atoms with Crippen LogP contribution in [0.25, 0.3) is 11.1 Å². The first kappa shape index (κ1) is 20.5. The van der Waals surface area contributed by atoms with Crippen molar-refractivity contribution in [3.8, 4) is 16.9 Å². The summed E-state index contributed by atoms with van der Waals surface area (Å²) < 4.78 is 29.9. The van der Waals surface area contributed by atoms with Crippen LogP contribution in [0.2, 0.25) is 0 Å². The van der Waals surface area contributed by atoms with Crippen LogP contribution in [0.15, 0.2) is 72.0 Å². The maximum atomic E-state index is 13.4. The Morgan fingerprint density at radius 3 is 2.42 bits per heavy atom. The van der Waals surface area contributed by atoms with E-state index in [2.05, 4.69) is 14.7 Å². The fourth-order valence-corrected chi connectivity index (χ4v) is 3.74. The molecule has 2 aromatic carbocycles. The largest absolute Gasteiger partial charge is 0.435 e. The number of nitrogens with zero attached hydrogens (tertiary/aromatic N) is 3. The second kappa shape index (κ2) is 7.79. The van der Waals surface area contributed by atoms with Gasteiger partial charge in [0.25, 0.3) is 5.91 Å². The van der Waals surface area contributed by atoms with Crippen molar-refractivity contribution in [1.29, 1.82) is 0 Å². The zero-order chi connectivity index (χ0) is 22.2. The highest BCUT2D eigenvalue weighted by molar-refractivity contribution is 6.09. The van der Waals surface area contributed by atoms with Gasteiger partial charge in [0.1, 0.15) is 5.75 Å². The summed E-state index contributed by atoms with van der Waals surface area (Å²) in [7, 11) is 1.55. The van der Waals surface area contributed by atoms with E-state index in [0.717, 1.165) is 11.1 Å². The van der Waals surface area contributed by atoms with Gasteiger partial charge in [-0.25, -0.2) is 4.99 Å². The fraction of sp³-hybridized carbons (Fsp3) is 0.174. The van der Waals surface area contributed by atoms with Crippen LogP contribution < -0.4 is 10.5 Å². The molecule has 0 spiro atoms. The van der Waals surface area contributed by atoms with Gasteiger partial charge in [-0.15, -0.1) is 0 Å². The summed E-state index contributed by atoms with van der Waals surface area (Å²) in [5, 5.41) is 0. The predicted molar refractivity (Wildman–Crippen MR) is 113 cm³/mol. The van der Waals surface area contributed by atoms with E-state index in [-0.39, 0.29) is 17.6 Å². The van der Waals surface area contributed by atoms with E-state index in [1.54, 1.807) is 44.6 Å². The molecule has 0 radical (unpaired) electrons. The molecule has 2 N–H and O–H groups in total. The summed E-state index contributed by atoms with van der Waals surface area (Å²) in [4.78, 5) is 23.4. The summed E-state index contributed by atoms with van der Waals surface area (Å²) in [5.74, 6) is -0.230. The van der Waals surface area contributed by atoms with E-state index in [0.29, 0.717) is 16.7 Å². The van der Waals surface area contributed by atoms with Crippen molar-refractivity contribution in [2.45, 2.75) is 19.1 Å². The summed E-state index contributed by atoms with van der Waals surface area (Å²) in [6, 6.07) is 15.8. The van der Waals surface area contributed by atoms with Crippen LogP contribution in [0.3, 0.4) is 0 Å². The van der Waals surface area contributed by atoms with Crippen molar-refractivity contribution < 1.29 is 18.3 Å². The van der Waals surface area contributed by atoms with Crippen LogP contribution in [0, 0.1) is 6.92 Å². The van der Waals surface area contributed by atoms with Gasteiger partial charge in [-0.2, -0.15) is 8.78 Å². The molecular formula is C23H20F2N4O2. The maximum absolute atomic E-state index is 13.4. The van der Waals surface area contributed by atoms with E-state index < -0.39 is 12.2 Å². The first-order valence-electron chi connectivity index (χ1n) is 9.53. The van der Waals surface area contributed by atoms with E-state index in [1.807, 2.05) is 30.3 Å². The number of likely N-dealkylation sites (N-methyl/N-ethyl adjacent to an activating group) is 1. The van der Waals surface area contributed by atoms with E-state index in [4.69, 9.17) is 5.73 Å². The fourth-order valence-electron chi connectivity index (χ4n) is 3.74. The van der Waals surface area contributed by atoms with E-state index in [9.17, 15) is 13.6 Å². The number of aryl methyl sites for hydroxylation is 1. The molecule has 0 bridgehead atoms. The van der Waals surface area contributed by atoms with Gasteiger partial charge in [-0.1, -0.05) is 30.3 Å². The van der Waals surface area contributed by atoms with Gasteiger partial charge in [0, 0.05) is 19.4 Å². The molecule has 1 amide bonds. The second-order valence-electron chi connectivity index (χ2n) is 7.23. The SMILES string of the molecule is Cc1cc(C2(c3cccc(-c4cccnc4)c3)N=C(N)N(C)C2=O)ccc1OC(F)F. The lowest BCUT2D eigenvalue weighted by atomic mass is 9.81. The molecule has 0 fully saturated rings. The number of carbonyl (C=O) groups excluding carboxylic acids is 1. The number of aliphatic imine (C=N–C) groups is 1. The number of alkyl halides is 2. The number of guanidine groups is 1. The first-order chi connectivity index (χ1) is 14.8. The number of hydrogen-bond acceptors (Lipinski definition) is 5. The molecule has 158 valence electrons. The lowest BCUT2D eigenvalue weighted by molar-refractivity contribution is -0.129. The Morgan fingerprint density at radius 1 is 1.06 bits per heavy atom. The molecule has 0 saturated carbocycles. The molecule has 6 nitrogen and oxygen atoms in total. The van der Waals surface area contributed by atoms with E-state index in [1.165, 1.54) is 11.0 Å². The van der Waals surface area contributed by atoms with Gasteiger partial charge in [-0.05, 0) is 59.0 Å². The number of halogens is 2. The molecule has 4 rings (SSSR count). The zero-order valence-electron chi connectivity index (χ0n) is 16.9. The molecule has 0 saturated heterocycles. The molecule has 2 heterocycles. The van der Waals surface area contributed by atoms with Crippen molar-refractivity contribution >= 4 is 11.9 Å². The van der Waals surface area contributed by atoms with Crippen LogP contribution >= 0.6 is 0 Å². The van der Waals surface area contributed by atoms with Crippen LogP contribution in [0.4, 0.5) is 8.78 Å². The molecule has 3 aromatic rings. The third kappa shape index (κ3) is 3.50. The third-order valence-corrected chi connectivity index (χ3v) is 5.32. The summed E-state index contributed by atoms with van der Waals surface area (Å²) in [5.41, 5.74) is 7.89. The van der Waals surface area contributed by atoms with E-state index >= 15 is 0 Å². The van der Waals surface area contributed by atoms with Crippen LogP contribution in [-0.4, -0.2) is 35.4 Å². The summed E-state index contributed by atoms with van der Waals surface area (Å²) in [6.07, 6.45) is 3.41. The number of rotatable bonds is 5. The van der Waals surface area contributed by atoms with Gasteiger partial charge in [-0.3, -0.25) is 14.7 Å². The minimum Gasteiger partial charge on any atom is -0.435 e. The lowest BCUT2D eigenvalue weighted by Crippen LogP contribution is -2.41. The quantitative estimate of drug-likeness (QED) is 0.680. The molecule has 1 unspecified atom stereocenters. The number of pyridine rings is 1. The van der Waals surface area contributed by atoms with Gasteiger partial charge >= 0.3 is 6.61 Å². The van der Waals surface area contributed by atoms with Crippen LogP contribution in [0.5, 0.6) is 5.75 Å². The summed E-state index contributed by atoms with van der Waals surface area (Å²) >= 11 is 0. The highest BCUT2D eigenvalue weighted by Crippen LogP contribution is 2.41. The number of hydrogen-bond donors (Lipinski definition) is 1. The summed E-state index contributed by atoms with van der Waals surface area (Å²) in [6.45, 7) is -1.31. The number of benzene rings is 2. The molecule has 1 aliphatic rings. The number of ether oxygens (including phenoxy) is 1. The minimum absolute atomic E-state index is 0.0359. The predicted octanol–water partition coefficient (Wildman–Crippen LogP) is 3.69. The number of amides is 1. The number of carbonyl (C=O) groups is 1. The molecule has 8 heteroatoms. The average Bonchev–Trinajstić information content (AvgIpc) is 3.00. The molecule has 0 aliphatic carbocycles. The Labute approximate surface area is 178 Å². The minimum atomic E-state index is -2.94. The monoisotopic (exact) mass is 422 g/mol. The van der Waals surface area contributed by atoms with Crippen molar-refractivity contribution in [1.82, 2.24) is 9.88 Å². The standard InChI is InChI=1S/C23H20F2N4O2/c1-14-11-18(8-9-19(14)31-21(24)25)23(20(30)29(2)22(26)28-23)17-7-3-5-15(12-17)16-6-4-10-27-13-16/h3-13,21H,1-2H3,(H2,26,28). The van der Waals surface area contributed by atoms with Crippen LogP contribution in [-0.2, 0) is 10.3 Å². The molecule has 1 atom stereocenters. The van der Waals surface area contributed by atoms with Crippen LogP contribution in [0.1, 0.15) is 16.7 Å². The highest BCUT2D eigenvalue weighted by Gasteiger charge is 2.49. The third-order valence-electron chi connectivity index (χ3n) is 5.32. The van der Waals surface area contributed by atoms with Crippen molar-refractivity contribution in [2.75, 3.05) is 7.05 Å². The Morgan fingerprint density at radius 2 is 1.81 bits per heavy atom. The molecule has 1 aliphatic heterocycles.